The number of hydrogen-bond donors (Lipinski definition) is 0. The fourth-order valence-electron chi connectivity index (χ4n) is 1.49. The summed E-state index contributed by atoms with van der Waals surface area (Å²) in [6.45, 7) is 13.6. The van der Waals surface area contributed by atoms with Crippen molar-refractivity contribution in [1.82, 2.24) is 4.90 Å². The number of carbonyl (C=O) groups excluding carboxylic acids is 2. The van der Waals surface area contributed by atoms with Crippen LogP contribution in [0, 0.1) is 12.7 Å². The Labute approximate surface area is 121 Å². The fraction of sp³-hybridized carbons (Fsp3) is 0.500. The van der Waals surface area contributed by atoms with Crippen molar-refractivity contribution >= 4 is 11.8 Å². The van der Waals surface area contributed by atoms with Gasteiger partial charge in [-0.25, -0.2) is 4.39 Å². The van der Waals surface area contributed by atoms with Gasteiger partial charge in [-0.05, 0) is 24.6 Å². The van der Waals surface area contributed by atoms with Crippen LogP contribution in [-0.2, 0) is 0 Å². The van der Waals surface area contributed by atoms with Crippen LogP contribution in [0.25, 0.3) is 0 Å². The number of nitrogens with zero attached hydrogens (tertiary/aromatic N) is 1. The first-order valence-corrected chi connectivity index (χ1v) is 7.15. The molecule has 0 radical (unpaired) electrons. The third-order valence-electron chi connectivity index (χ3n) is 2.37. The lowest BCUT2D eigenvalue weighted by molar-refractivity contribution is 0.0693. The van der Waals surface area contributed by atoms with Gasteiger partial charge < -0.3 is 0 Å². The molecule has 1 heterocycles. The van der Waals surface area contributed by atoms with Gasteiger partial charge in [0, 0.05) is 7.05 Å². The number of fused-ring (bicyclic) bond motifs is 1. The summed E-state index contributed by atoms with van der Waals surface area (Å²) in [5.74, 6) is -1.27. The number of hydrogen-bond acceptors (Lipinski definition) is 2. The van der Waals surface area contributed by atoms with E-state index in [4.69, 9.17) is 0 Å². The minimum Gasteiger partial charge on any atom is -0.277 e. The topological polar surface area (TPSA) is 37.4 Å². The van der Waals surface area contributed by atoms with E-state index >= 15 is 0 Å². The molecule has 1 aliphatic rings. The Morgan fingerprint density at radius 2 is 1.20 bits per heavy atom. The first-order chi connectivity index (χ1) is 9.52. The van der Waals surface area contributed by atoms with Crippen molar-refractivity contribution in [2.45, 2.75) is 48.5 Å². The molecule has 0 fully saturated rings. The first-order valence-electron chi connectivity index (χ1n) is 7.15. The van der Waals surface area contributed by atoms with Crippen LogP contribution in [0.3, 0.4) is 0 Å². The Hall–Kier alpha value is -1.71. The van der Waals surface area contributed by atoms with Gasteiger partial charge in [-0.2, -0.15) is 0 Å². The largest absolute Gasteiger partial charge is 0.277 e. The molecule has 1 aromatic carbocycles. The average molecular weight is 283 g/mol. The van der Waals surface area contributed by atoms with Crippen molar-refractivity contribution < 1.29 is 14.0 Å². The molecule has 2 amide bonds. The van der Waals surface area contributed by atoms with E-state index in [2.05, 4.69) is 0 Å². The molecular weight excluding hydrogens is 257 g/mol. The highest BCUT2D eigenvalue weighted by atomic mass is 19.1. The molecule has 0 atom stereocenters. The Morgan fingerprint density at radius 3 is 1.60 bits per heavy atom. The third-order valence-corrected chi connectivity index (χ3v) is 2.37. The zero-order valence-corrected chi connectivity index (χ0v) is 13.8. The minimum atomic E-state index is -0.458. The fourth-order valence-corrected chi connectivity index (χ4v) is 1.49. The smallest absolute Gasteiger partial charge is 0.261 e. The van der Waals surface area contributed by atoms with E-state index in [0.29, 0.717) is 5.56 Å². The van der Waals surface area contributed by atoms with E-state index in [0.717, 1.165) is 11.0 Å². The Bertz CT molecular complexity index is 415. The minimum absolute atomic E-state index is 0.153. The Morgan fingerprint density at radius 1 is 0.850 bits per heavy atom. The van der Waals surface area contributed by atoms with E-state index in [1.54, 1.807) is 6.92 Å². The van der Waals surface area contributed by atoms with Crippen LogP contribution in [0.2, 0.25) is 0 Å². The van der Waals surface area contributed by atoms with Crippen LogP contribution in [0.15, 0.2) is 12.1 Å². The molecule has 4 heteroatoms. The van der Waals surface area contributed by atoms with Crippen molar-refractivity contribution in [2.24, 2.45) is 0 Å². The SMILES string of the molecule is CC.CC.CC.Cc1cc2c(cc1F)C(=O)N(C)C2=O. The van der Waals surface area contributed by atoms with E-state index in [9.17, 15) is 14.0 Å². The number of halogens is 1. The predicted molar refractivity (Wildman–Crippen MR) is 81.6 cm³/mol. The summed E-state index contributed by atoms with van der Waals surface area (Å²) < 4.78 is 13.1. The second kappa shape index (κ2) is 10.1. The van der Waals surface area contributed by atoms with Gasteiger partial charge in [0.25, 0.3) is 11.8 Å². The predicted octanol–water partition coefficient (Wildman–Crippen LogP) is 4.44. The molecule has 1 aliphatic heterocycles. The summed E-state index contributed by atoms with van der Waals surface area (Å²) in [6, 6.07) is 2.53. The zero-order valence-electron chi connectivity index (χ0n) is 13.8. The highest BCUT2D eigenvalue weighted by molar-refractivity contribution is 6.21. The van der Waals surface area contributed by atoms with Crippen LogP contribution < -0.4 is 0 Å². The zero-order chi connectivity index (χ0) is 16.5. The van der Waals surface area contributed by atoms with Crippen LogP contribution in [0.5, 0.6) is 0 Å². The van der Waals surface area contributed by atoms with Crippen molar-refractivity contribution in [2.75, 3.05) is 7.05 Å². The third kappa shape index (κ3) is 4.15. The molecule has 3 nitrogen and oxygen atoms in total. The number of imide groups is 1. The number of carbonyl (C=O) groups is 2. The summed E-state index contributed by atoms with van der Waals surface area (Å²) in [5.41, 5.74) is 0.817. The molecule has 2 rings (SSSR count). The maximum Gasteiger partial charge on any atom is 0.261 e. The maximum atomic E-state index is 13.1. The van der Waals surface area contributed by atoms with Crippen LogP contribution >= 0.6 is 0 Å². The Balaban J connectivity index is 0. The maximum absolute atomic E-state index is 13.1. The Kier molecular flexibility index (Phi) is 10.4. The highest BCUT2D eigenvalue weighted by Crippen LogP contribution is 2.24. The molecule has 1 aromatic rings. The van der Waals surface area contributed by atoms with E-state index in [1.807, 2.05) is 41.5 Å². The standard InChI is InChI=1S/C10H8FNO2.3C2H6/c1-5-3-6-7(4-8(5)11)10(14)12(2)9(6)13;3*1-2/h3-4H,1-2H3;3*1-2H3. The van der Waals surface area contributed by atoms with Gasteiger partial charge in [-0.15, -0.1) is 0 Å². The molecule has 20 heavy (non-hydrogen) atoms. The number of benzene rings is 1. The van der Waals surface area contributed by atoms with Crippen LogP contribution in [0.4, 0.5) is 4.39 Å². The average Bonchev–Trinajstić information content (AvgIpc) is 2.71. The van der Waals surface area contributed by atoms with Crippen molar-refractivity contribution in [1.29, 1.82) is 0 Å². The molecule has 0 saturated heterocycles. The van der Waals surface area contributed by atoms with Gasteiger partial charge in [0.05, 0.1) is 11.1 Å². The second-order valence-electron chi connectivity index (χ2n) is 3.32. The van der Waals surface area contributed by atoms with Crippen molar-refractivity contribution in [3.63, 3.8) is 0 Å². The van der Waals surface area contributed by atoms with Crippen molar-refractivity contribution in [3.05, 3.63) is 34.6 Å². The molecule has 0 bridgehead atoms. The van der Waals surface area contributed by atoms with Gasteiger partial charge in [0.15, 0.2) is 0 Å². The number of rotatable bonds is 0. The van der Waals surface area contributed by atoms with E-state index in [-0.39, 0.29) is 17.0 Å². The molecule has 0 N–H and O–H groups in total. The number of amides is 2. The normalized spacial score (nSPS) is 11.3. The van der Waals surface area contributed by atoms with E-state index in [1.165, 1.54) is 13.1 Å². The molecule has 0 unspecified atom stereocenters. The van der Waals surface area contributed by atoms with Crippen LogP contribution in [0.1, 0.15) is 67.8 Å². The van der Waals surface area contributed by atoms with Crippen molar-refractivity contribution in [3.8, 4) is 0 Å². The lowest BCUT2D eigenvalue weighted by Crippen LogP contribution is -2.24. The van der Waals surface area contributed by atoms with Gasteiger partial charge in [0.1, 0.15) is 5.82 Å². The summed E-state index contributed by atoms with van der Waals surface area (Å²) in [5, 5.41) is 0. The quantitative estimate of drug-likeness (QED) is 0.660. The second-order valence-corrected chi connectivity index (χ2v) is 3.32. The van der Waals surface area contributed by atoms with E-state index < -0.39 is 11.7 Å². The molecule has 0 aromatic heterocycles. The molecule has 0 saturated carbocycles. The highest BCUT2D eigenvalue weighted by Gasteiger charge is 2.33. The summed E-state index contributed by atoms with van der Waals surface area (Å²) in [6.07, 6.45) is 0. The lowest BCUT2D eigenvalue weighted by atomic mass is 10.1. The first kappa shape index (κ1) is 20.6. The van der Waals surface area contributed by atoms with Gasteiger partial charge in [0.2, 0.25) is 0 Å². The van der Waals surface area contributed by atoms with Gasteiger partial charge in [-0.1, -0.05) is 41.5 Å². The lowest BCUT2D eigenvalue weighted by Gasteiger charge is -2.02. The summed E-state index contributed by atoms with van der Waals surface area (Å²) in [4.78, 5) is 23.9. The molecule has 114 valence electrons. The summed E-state index contributed by atoms with van der Waals surface area (Å²) in [7, 11) is 1.39. The monoisotopic (exact) mass is 283 g/mol. The number of aryl methyl sites for hydroxylation is 1. The van der Waals surface area contributed by atoms with Gasteiger partial charge >= 0.3 is 0 Å². The molecular formula is C16H26FNO2. The molecule has 0 spiro atoms. The summed E-state index contributed by atoms with van der Waals surface area (Å²) >= 11 is 0. The molecule has 0 aliphatic carbocycles. The van der Waals surface area contributed by atoms with Crippen LogP contribution in [-0.4, -0.2) is 23.8 Å². The van der Waals surface area contributed by atoms with Gasteiger partial charge in [-0.3, -0.25) is 14.5 Å².